The Labute approximate surface area is 150 Å². The van der Waals surface area contributed by atoms with E-state index in [1.54, 1.807) is 36.6 Å². The summed E-state index contributed by atoms with van der Waals surface area (Å²) in [5.74, 6) is 0.548. The molecule has 0 saturated heterocycles. The van der Waals surface area contributed by atoms with Gasteiger partial charge in [-0.05, 0) is 51.0 Å². The first-order valence-corrected chi connectivity index (χ1v) is 9.98. The summed E-state index contributed by atoms with van der Waals surface area (Å²) in [5, 5.41) is 0. The Kier molecular flexibility index (Phi) is 4.74. The first-order chi connectivity index (χ1) is 11.9. The average molecular weight is 356 g/mol. The Morgan fingerprint density at radius 1 is 1.24 bits per heavy atom. The third kappa shape index (κ3) is 3.11. The summed E-state index contributed by atoms with van der Waals surface area (Å²) in [6.07, 6.45) is 5.26. The lowest BCUT2D eigenvalue weighted by Crippen LogP contribution is -2.49. The van der Waals surface area contributed by atoms with Gasteiger partial charge in [0.25, 0.3) is 0 Å². The first kappa shape index (κ1) is 17.7. The Morgan fingerprint density at radius 3 is 2.56 bits per heavy atom. The second kappa shape index (κ2) is 6.68. The zero-order chi connectivity index (χ0) is 18.1. The monoisotopic (exact) mass is 356 g/mol. The molecule has 0 radical (unpaired) electrons. The van der Waals surface area contributed by atoms with E-state index in [-0.39, 0.29) is 5.92 Å². The molecular weight excluding hydrogens is 332 g/mol. The summed E-state index contributed by atoms with van der Waals surface area (Å²) in [6.45, 7) is 8.04. The van der Waals surface area contributed by atoms with Crippen molar-refractivity contribution in [2.45, 2.75) is 42.8 Å². The van der Waals surface area contributed by atoms with Crippen molar-refractivity contribution < 1.29 is 12.8 Å². The fourth-order valence-corrected chi connectivity index (χ4v) is 6.36. The Balaban J connectivity index is 2.21. The van der Waals surface area contributed by atoms with Crippen LogP contribution >= 0.6 is 0 Å². The van der Waals surface area contributed by atoms with Crippen molar-refractivity contribution in [2.24, 2.45) is 5.92 Å². The van der Waals surface area contributed by atoms with Crippen LogP contribution < -0.4 is 0 Å². The number of hydrogen-bond acceptors (Lipinski definition) is 3. The van der Waals surface area contributed by atoms with Crippen LogP contribution in [0.5, 0.6) is 0 Å². The average Bonchev–Trinajstić information content (AvgIpc) is 3.08. The Hall–Kier alpha value is -2.07. The molecule has 0 aliphatic heterocycles. The highest BCUT2D eigenvalue weighted by atomic mass is 32.2. The van der Waals surface area contributed by atoms with E-state index in [0.717, 1.165) is 11.1 Å². The third-order valence-corrected chi connectivity index (χ3v) is 7.69. The van der Waals surface area contributed by atoms with Crippen molar-refractivity contribution in [3.05, 3.63) is 78.3 Å². The van der Waals surface area contributed by atoms with E-state index < -0.39 is 14.6 Å². The maximum absolute atomic E-state index is 13.8. The molecule has 0 spiro atoms. The van der Waals surface area contributed by atoms with Gasteiger partial charge in [-0.2, -0.15) is 0 Å². The number of sulfone groups is 1. The molecule has 1 aromatic heterocycles. The largest absolute Gasteiger partial charge is 0.469 e. The number of hydrogen-bond donors (Lipinski definition) is 0. The molecule has 25 heavy (non-hydrogen) atoms. The van der Waals surface area contributed by atoms with Crippen LogP contribution in [0, 0.1) is 5.92 Å². The molecule has 3 nitrogen and oxygen atoms in total. The fraction of sp³-hybridized carbons (Fsp3) is 0.333. The van der Waals surface area contributed by atoms with Crippen LogP contribution in [-0.2, 0) is 16.3 Å². The molecule has 0 amide bonds. The van der Waals surface area contributed by atoms with Gasteiger partial charge in [-0.1, -0.05) is 42.0 Å². The summed E-state index contributed by atoms with van der Waals surface area (Å²) in [5.41, 5.74) is 2.00. The molecule has 2 aromatic rings. The fourth-order valence-electron chi connectivity index (χ4n) is 3.96. The van der Waals surface area contributed by atoms with Crippen LogP contribution in [0.4, 0.5) is 0 Å². The van der Waals surface area contributed by atoms with Crippen molar-refractivity contribution in [3.63, 3.8) is 0 Å². The molecule has 132 valence electrons. The van der Waals surface area contributed by atoms with E-state index in [1.165, 1.54) is 0 Å². The molecule has 1 heterocycles. The van der Waals surface area contributed by atoms with Gasteiger partial charge in [0.1, 0.15) is 5.76 Å². The summed E-state index contributed by atoms with van der Waals surface area (Å²) in [4.78, 5) is 0.363. The number of furan rings is 1. The lowest BCUT2D eigenvalue weighted by atomic mass is 9.74. The molecular formula is C21H24O3S. The molecule has 0 fully saturated rings. The van der Waals surface area contributed by atoms with Gasteiger partial charge in [-0.15, -0.1) is 0 Å². The highest BCUT2D eigenvalue weighted by molar-refractivity contribution is 7.92. The van der Waals surface area contributed by atoms with Gasteiger partial charge < -0.3 is 4.42 Å². The first-order valence-electron chi connectivity index (χ1n) is 8.50. The van der Waals surface area contributed by atoms with Gasteiger partial charge in [0.05, 0.1) is 15.9 Å². The van der Waals surface area contributed by atoms with Gasteiger partial charge in [0.15, 0.2) is 9.84 Å². The van der Waals surface area contributed by atoms with Crippen LogP contribution in [0.15, 0.2) is 81.8 Å². The number of allylic oxidation sites excluding steroid dienone is 3. The Bertz CT molecular complexity index is 876. The molecule has 0 N–H and O–H groups in total. The second-order valence-electron chi connectivity index (χ2n) is 7.00. The van der Waals surface area contributed by atoms with Crippen LogP contribution in [0.1, 0.15) is 32.4 Å². The highest BCUT2D eigenvalue weighted by Crippen LogP contribution is 2.47. The summed E-state index contributed by atoms with van der Waals surface area (Å²) >= 11 is 0. The SMILES string of the molecule is C=C(C)[C@H]1CC=C(C)C[C@@]1(Cc1ccco1)S(=O)(=O)c1ccccc1. The van der Waals surface area contributed by atoms with Gasteiger partial charge in [-0.25, -0.2) is 8.42 Å². The lowest BCUT2D eigenvalue weighted by Gasteiger charge is -2.43. The molecule has 1 aromatic carbocycles. The van der Waals surface area contributed by atoms with Crippen molar-refractivity contribution in [1.82, 2.24) is 0 Å². The van der Waals surface area contributed by atoms with Crippen LogP contribution in [0.25, 0.3) is 0 Å². The van der Waals surface area contributed by atoms with Crippen molar-refractivity contribution >= 4 is 9.84 Å². The minimum absolute atomic E-state index is 0.147. The quantitative estimate of drug-likeness (QED) is 0.711. The van der Waals surface area contributed by atoms with E-state index in [9.17, 15) is 8.42 Å². The minimum Gasteiger partial charge on any atom is -0.469 e. The van der Waals surface area contributed by atoms with Crippen molar-refractivity contribution in [2.75, 3.05) is 0 Å². The van der Waals surface area contributed by atoms with E-state index in [0.29, 0.717) is 29.9 Å². The molecule has 1 aliphatic rings. The van der Waals surface area contributed by atoms with Crippen LogP contribution in [0.3, 0.4) is 0 Å². The van der Waals surface area contributed by atoms with Gasteiger partial charge in [0, 0.05) is 12.3 Å². The highest BCUT2D eigenvalue weighted by Gasteiger charge is 2.52. The summed E-state index contributed by atoms with van der Waals surface area (Å²) in [7, 11) is -3.59. The second-order valence-corrected chi connectivity index (χ2v) is 9.29. The minimum atomic E-state index is -3.59. The molecule has 0 unspecified atom stereocenters. The number of benzene rings is 1. The van der Waals surface area contributed by atoms with Gasteiger partial charge in [0.2, 0.25) is 0 Å². The van der Waals surface area contributed by atoms with E-state index in [1.807, 2.05) is 26.0 Å². The summed E-state index contributed by atoms with van der Waals surface area (Å²) in [6, 6.07) is 12.4. The van der Waals surface area contributed by atoms with Crippen molar-refractivity contribution in [3.8, 4) is 0 Å². The zero-order valence-electron chi connectivity index (χ0n) is 14.7. The molecule has 4 heteroatoms. The zero-order valence-corrected chi connectivity index (χ0v) is 15.6. The smallest absolute Gasteiger partial charge is 0.185 e. The predicted octanol–water partition coefficient (Wildman–Crippen LogP) is 4.97. The van der Waals surface area contributed by atoms with E-state index >= 15 is 0 Å². The summed E-state index contributed by atoms with van der Waals surface area (Å²) < 4.78 is 32.1. The molecule has 1 aliphatic carbocycles. The topological polar surface area (TPSA) is 47.3 Å². The maximum Gasteiger partial charge on any atom is 0.185 e. The van der Waals surface area contributed by atoms with Gasteiger partial charge >= 0.3 is 0 Å². The predicted molar refractivity (Wildman–Crippen MR) is 100 cm³/mol. The molecule has 2 atom stereocenters. The van der Waals surface area contributed by atoms with E-state index in [4.69, 9.17) is 4.42 Å². The molecule has 3 rings (SSSR count). The third-order valence-electron chi connectivity index (χ3n) is 5.15. The van der Waals surface area contributed by atoms with Crippen LogP contribution in [0.2, 0.25) is 0 Å². The molecule has 0 bridgehead atoms. The molecule has 0 saturated carbocycles. The van der Waals surface area contributed by atoms with Gasteiger partial charge in [-0.3, -0.25) is 0 Å². The van der Waals surface area contributed by atoms with Crippen LogP contribution in [-0.4, -0.2) is 13.2 Å². The Morgan fingerprint density at radius 2 is 1.96 bits per heavy atom. The van der Waals surface area contributed by atoms with E-state index in [2.05, 4.69) is 12.7 Å². The van der Waals surface area contributed by atoms with Crippen molar-refractivity contribution in [1.29, 1.82) is 0 Å². The lowest BCUT2D eigenvalue weighted by molar-refractivity contribution is 0.347. The maximum atomic E-state index is 13.8. The number of rotatable bonds is 5. The normalized spacial score (nSPS) is 23.9. The standard InChI is InChI=1S/C21H24O3S/c1-16(2)20-12-11-17(3)14-21(20,15-18-8-7-13-24-18)25(22,23)19-9-5-4-6-10-19/h4-11,13,20H,1,12,14-15H2,2-3H3/t20-,21+/m1/s1.